The quantitative estimate of drug-likeness (QED) is 0.802. The molecule has 0 fully saturated rings. The van der Waals surface area contributed by atoms with Crippen LogP contribution < -0.4 is 20.1 Å². The van der Waals surface area contributed by atoms with Gasteiger partial charge in [-0.3, -0.25) is 9.59 Å². The van der Waals surface area contributed by atoms with Gasteiger partial charge in [0.1, 0.15) is 17.5 Å². The van der Waals surface area contributed by atoms with Gasteiger partial charge < -0.3 is 20.1 Å². The number of carbonyl (C=O) groups is 2. The molecule has 122 valence electrons. The Balaban J connectivity index is 2.96. The lowest BCUT2D eigenvalue weighted by molar-refractivity contribution is -0.123. The van der Waals surface area contributed by atoms with Crippen LogP contribution in [0.1, 0.15) is 31.1 Å². The van der Waals surface area contributed by atoms with Crippen molar-refractivity contribution in [2.45, 2.75) is 26.8 Å². The predicted octanol–water partition coefficient (Wildman–Crippen LogP) is 1.59. The van der Waals surface area contributed by atoms with Gasteiger partial charge in [-0.2, -0.15) is 0 Å². The highest BCUT2D eigenvalue weighted by atomic mass is 16.5. The van der Waals surface area contributed by atoms with Crippen LogP contribution >= 0.6 is 0 Å². The SMILES string of the molecule is CCNC(=O)[C@@H](NC(=O)c1cc(OC)cc(OC)c1)C(C)C. The molecule has 2 amide bonds. The third-order valence-corrected chi connectivity index (χ3v) is 3.20. The molecule has 1 aromatic rings. The number of hydrogen-bond donors (Lipinski definition) is 2. The van der Waals surface area contributed by atoms with Crippen molar-refractivity contribution in [2.24, 2.45) is 5.92 Å². The second-order valence-electron chi connectivity index (χ2n) is 5.19. The largest absolute Gasteiger partial charge is 0.497 e. The van der Waals surface area contributed by atoms with Crippen LogP contribution in [0.25, 0.3) is 0 Å². The van der Waals surface area contributed by atoms with Crippen LogP contribution in [0, 0.1) is 5.92 Å². The highest BCUT2D eigenvalue weighted by Crippen LogP contribution is 2.22. The Labute approximate surface area is 131 Å². The predicted molar refractivity (Wildman–Crippen MR) is 84.3 cm³/mol. The summed E-state index contributed by atoms with van der Waals surface area (Å²) in [6.07, 6.45) is 0. The number of ether oxygens (including phenoxy) is 2. The van der Waals surface area contributed by atoms with Crippen molar-refractivity contribution >= 4 is 11.8 Å². The van der Waals surface area contributed by atoms with Crippen LogP contribution in [0.2, 0.25) is 0 Å². The van der Waals surface area contributed by atoms with E-state index in [9.17, 15) is 9.59 Å². The van der Waals surface area contributed by atoms with Crippen LogP contribution in [0.4, 0.5) is 0 Å². The first-order valence-electron chi connectivity index (χ1n) is 7.24. The van der Waals surface area contributed by atoms with E-state index in [-0.39, 0.29) is 17.7 Å². The zero-order valence-electron chi connectivity index (χ0n) is 13.7. The Morgan fingerprint density at radius 3 is 2.05 bits per heavy atom. The fraction of sp³-hybridized carbons (Fsp3) is 0.500. The summed E-state index contributed by atoms with van der Waals surface area (Å²) in [4.78, 5) is 24.4. The molecule has 0 radical (unpaired) electrons. The molecular weight excluding hydrogens is 284 g/mol. The van der Waals surface area contributed by atoms with Crippen LogP contribution in [0.15, 0.2) is 18.2 Å². The Kier molecular flexibility index (Phi) is 6.69. The maximum absolute atomic E-state index is 12.4. The summed E-state index contributed by atoms with van der Waals surface area (Å²) in [6.45, 7) is 6.12. The number of nitrogens with one attached hydrogen (secondary N) is 2. The van der Waals surface area contributed by atoms with Gasteiger partial charge >= 0.3 is 0 Å². The second-order valence-corrected chi connectivity index (χ2v) is 5.19. The fourth-order valence-electron chi connectivity index (χ4n) is 1.98. The lowest BCUT2D eigenvalue weighted by Gasteiger charge is -2.21. The van der Waals surface area contributed by atoms with E-state index in [2.05, 4.69) is 10.6 Å². The van der Waals surface area contributed by atoms with Crippen molar-refractivity contribution < 1.29 is 19.1 Å². The number of amides is 2. The number of likely N-dealkylation sites (N-methyl/N-ethyl adjacent to an activating group) is 1. The molecule has 1 rings (SSSR count). The molecule has 0 aliphatic heterocycles. The molecule has 0 saturated heterocycles. The van der Waals surface area contributed by atoms with E-state index in [1.807, 2.05) is 20.8 Å². The Morgan fingerprint density at radius 2 is 1.64 bits per heavy atom. The number of carbonyl (C=O) groups excluding carboxylic acids is 2. The van der Waals surface area contributed by atoms with Crippen molar-refractivity contribution in [1.82, 2.24) is 10.6 Å². The smallest absolute Gasteiger partial charge is 0.252 e. The molecule has 6 nitrogen and oxygen atoms in total. The summed E-state index contributed by atoms with van der Waals surface area (Å²) < 4.78 is 10.3. The monoisotopic (exact) mass is 308 g/mol. The Bertz CT molecular complexity index is 507. The zero-order chi connectivity index (χ0) is 16.7. The van der Waals surface area contributed by atoms with Crippen molar-refractivity contribution in [3.8, 4) is 11.5 Å². The number of rotatable bonds is 7. The minimum absolute atomic E-state index is 0.0250. The van der Waals surface area contributed by atoms with E-state index in [1.165, 1.54) is 14.2 Å². The zero-order valence-corrected chi connectivity index (χ0v) is 13.7. The first-order chi connectivity index (χ1) is 10.4. The summed E-state index contributed by atoms with van der Waals surface area (Å²) in [5.74, 6) is 0.470. The van der Waals surface area contributed by atoms with E-state index < -0.39 is 6.04 Å². The lowest BCUT2D eigenvalue weighted by Crippen LogP contribution is -2.49. The average molecular weight is 308 g/mol. The van der Waals surface area contributed by atoms with Crippen molar-refractivity contribution in [2.75, 3.05) is 20.8 Å². The van der Waals surface area contributed by atoms with Crippen LogP contribution in [0.3, 0.4) is 0 Å². The number of benzene rings is 1. The van der Waals surface area contributed by atoms with Crippen molar-refractivity contribution in [1.29, 1.82) is 0 Å². The molecule has 6 heteroatoms. The van der Waals surface area contributed by atoms with E-state index in [0.29, 0.717) is 23.6 Å². The Hall–Kier alpha value is -2.24. The third kappa shape index (κ3) is 4.65. The summed E-state index contributed by atoms with van der Waals surface area (Å²) in [5.41, 5.74) is 0.381. The van der Waals surface area contributed by atoms with Crippen LogP contribution in [-0.4, -0.2) is 38.6 Å². The van der Waals surface area contributed by atoms with Gasteiger partial charge in [0.05, 0.1) is 14.2 Å². The molecular formula is C16H24N2O4. The minimum atomic E-state index is -0.593. The highest BCUT2D eigenvalue weighted by molar-refractivity contribution is 5.98. The lowest BCUT2D eigenvalue weighted by atomic mass is 10.0. The van der Waals surface area contributed by atoms with Gasteiger partial charge in [0, 0.05) is 18.2 Å². The molecule has 0 bridgehead atoms. The molecule has 1 atom stereocenters. The molecule has 1 aromatic carbocycles. The van der Waals surface area contributed by atoms with Gasteiger partial charge in [0.15, 0.2) is 0 Å². The number of hydrogen-bond acceptors (Lipinski definition) is 4. The second kappa shape index (κ2) is 8.26. The maximum atomic E-state index is 12.4. The first kappa shape index (κ1) is 17.8. The normalized spacial score (nSPS) is 11.7. The van der Waals surface area contributed by atoms with E-state index >= 15 is 0 Å². The first-order valence-corrected chi connectivity index (χ1v) is 7.24. The summed E-state index contributed by atoms with van der Waals surface area (Å²) >= 11 is 0. The molecule has 0 heterocycles. The molecule has 0 aliphatic carbocycles. The highest BCUT2D eigenvalue weighted by Gasteiger charge is 2.24. The molecule has 0 aromatic heterocycles. The van der Waals surface area contributed by atoms with Crippen molar-refractivity contribution in [3.63, 3.8) is 0 Å². The van der Waals surface area contributed by atoms with Crippen LogP contribution in [0.5, 0.6) is 11.5 Å². The molecule has 2 N–H and O–H groups in total. The Morgan fingerprint density at radius 1 is 1.09 bits per heavy atom. The maximum Gasteiger partial charge on any atom is 0.252 e. The minimum Gasteiger partial charge on any atom is -0.497 e. The van der Waals surface area contributed by atoms with Crippen molar-refractivity contribution in [3.05, 3.63) is 23.8 Å². The molecule has 0 unspecified atom stereocenters. The third-order valence-electron chi connectivity index (χ3n) is 3.20. The van der Waals surface area contributed by atoms with Gasteiger partial charge in [0.25, 0.3) is 5.91 Å². The molecule has 0 aliphatic rings. The van der Waals surface area contributed by atoms with Gasteiger partial charge in [0.2, 0.25) is 5.91 Å². The summed E-state index contributed by atoms with van der Waals surface area (Å²) in [6, 6.07) is 4.30. The van der Waals surface area contributed by atoms with E-state index in [0.717, 1.165) is 0 Å². The summed E-state index contributed by atoms with van der Waals surface area (Å²) in [7, 11) is 3.03. The topological polar surface area (TPSA) is 76.7 Å². The fourth-order valence-corrected chi connectivity index (χ4v) is 1.98. The number of methoxy groups -OCH3 is 2. The van der Waals surface area contributed by atoms with E-state index in [1.54, 1.807) is 18.2 Å². The summed E-state index contributed by atoms with van der Waals surface area (Å²) in [5, 5.41) is 5.48. The van der Waals surface area contributed by atoms with Crippen LogP contribution in [-0.2, 0) is 4.79 Å². The van der Waals surface area contributed by atoms with Gasteiger partial charge in [-0.15, -0.1) is 0 Å². The standard InChI is InChI=1S/C16H24N2O4/c1-6-17-16(20)14(10(2)3)18-15(19)11-7-12(21-4)9-13(8-11)22-5/h7-10,14H,6H2,1-5H3,(H,17,20)(H,18,19)/t14-/m0/s1. The van der Waals surface area contributed by atoms with E-state index in [4.69, 9.17) is 9.47 Å². The van der Waals surface area contributed by atoms with Gasteiger partial charge in [-0.25, -0.2) is 0 Å². The van der Waals surface area contributed by atoms with Gasteiger partial charge in [-0.05, 0) is 25.0 Å². The molecule has 22 heavy (non-hydrogen) atoms. The molecule has 0 saturated carbocycles. The average Bonchev–Trinajstić information content (AvgIpc) is 2.51. The van der Waals surface area contributed by atoms with Gasteiger partial charge in [-0.1, -0.05) is 13.8 Å². The molecule has 0 spiro atoms.